The first-order chi connectivity index (χ1) is 15.6. The summed E-state index contributed by atoms with van der Waals surface area (Å²) in [5.74, 6) is 0.240. The average Bonchev–Trinajstić information content (AvgIpc) is 3.29. The van der Waals surface area contributed by atoms with Gasteiger partial charge in [-0.3, -0.25) is 4.79 Å². The third-order valence-electron chi connectivity index (χ3n) is 5.38. The third-order valence-corrected chi connectivity index (χ3v) is 7.46. The van der Waals surface area contributed by atoms with E-state index < -0.39 is 5.97 Å². The van der Waals surface area contributed by atoms with Gasteiger partial charge < -0.3 is 14.6 Å². The van der Waals surface area contributed by atoms with Crippen molar-refractivity contribution in [1.29, 1.82) is 0 Å². The molecule has 0 atom stereocenters. The molecule has 1 N–H and O–H groups in total. The minimum atomic E-state index is -0.436. The number of nitrogens with one attached hydrogen (secondary N) is 1. The molecule has 1 aromatic carbocycles. The van der Waals surface area contributed by atoms with Crippen molar-refractivity contribution in [2.75, 3.05) is 18.2 Å². The highest BCUT2D eigenvalue weighted by Gasteiger charge is 2.23. The Kier molecular flexibility index (Phi) is 7.64. The van der Waals surface area contributed by atoms with Gasteiger partial charge in [0.1, 0.15) is 5.00 Å². The number of hydrogen-bond acceptors (Lipinski definition) is 7. The Labute approximate surface area is 203 Å². The summed E-state index contributed by atoms with van der Waals surface area (Å²) < 4.78 is 6.80. The number of hydrogen-bond donors (Lipinski definition) is 1. The van der Waals surface area contributed by atoms with Crippen LogP contribution in [0, 0.1) is 6.92 Å². The van der Waals surface area contributed by atoms with Crippen molar-refractivity contribution in [2.24, 2.45) is 7.05 Å². The number of aromatic nitrogens is 3. The first-order valence-corrected chi connectivity index (χ1v) is 12.5. The Morgan fingerprint density at radius 2 is 1.85 bits per heavy atom. The molecule has 176 valence electrons. The SMILES string of the molecule is CCc1c(C)sc(NC(=O)CSc2nnc(-c3ccc(C(C)(C)C)cc3)n2C)c1C(=O)OC. The predicted molar refractivity (Wildman–Crippen MR) is 134 cm³/mol. The lowest BCUT2D eigenvalue weighted by molar-refractivity contribution is -0.113. The van der Waals surface area contributed by atoms with Crippen molar-refractivity contribution in [3.8, 4) is 11.4 Å². The molecule has 0 unspecified atom stereocenters. The number of thiophene rings is 1. The van der Waals surface area contributed by atoms with E-state index in [1.807, 2.05) is 37.6 Å². The molecule has 7 nitrogen and oxygen atoms in total. The maximum atomic E-state index is 12.6. The van der Waals surface area contributed by atoms with Gasteiger partial charge in [0.05, 0.1) is 18.4 Å². The predicted octanol–water partition coefficient (Wildman–Crippen LogP) is 5.23. The Balaban J connectivity index is 1.70. The summed E-state index contributed by atoms with van der Waals surface area (Å²) in [4.78, 5) is 25.9. The van der Waals surface area contributed by atoms with Crippen LogP contribution in [0.1, 0.15) is 54.1 Å². The van der Waals surface area contributed by atoms with Crippen LogP contribution in [-0.2, 0) is 28.4 Å². The second kappa shape index (κ2) is 10.1. The highest BCUT2D eigenvalue weighted by atomic mass is 32.2. The van der Waals surface area contributed by atoms with E-state index in [0.29, 0.717) is 22.1 Å². The quantitative estimate of drug-likeness (QED) is 0.364. The van der Waals surface area contributed by atoms with Gasteiger partial charge in [0, 0.05) is 17.5 Å². The number of carbonyl (C=O) groups excluding carboxylic acids is 2. The molecule has 0 saturated carbocycles. The zero-order valence-corrected chi connectivity index (χ0v) is 21.7. The molecule has 2 heterocycles. The van der Waals surface area contributed by atoms with Gasteiger partial charge in [-0.05, 0) is 29.9 Å². The molecule has 0 spiro atoms. The molecule has 1 amide bonds. The van der Waals surface area contributed by atoms with Gasteiger partial charge in [-0.15, -0.1) is 21.5 Å². The van der Waals surface area contributed by atoms with Crippen molar-refractivity contribution < 1.29 is 14.3 Å². The van der Waals surface area contributed by atoms with Crippen LogP contribution in [-0.4, -0.2) is 39.5 Å². The van der Waals surface area contributed by atoms with Crippen molar-refractivity contribution in [3.63, 3.8) is 0 Å². The van der Waals surface area contributed by atoms with Gasteiger partial charge in [0.15, 0.2) is 11.0 Å². The second-order valence-electron chi connectivity index (χ2n) is 8.72. The van der Waals surface area contributed by atoms with Gasteiger partial charge in [-0.1, -0.05) is 63.7 Å². The largest absolute Gasteiger partial charge is 0.465 e. The topological polar surface area (TPSA) is 86.1 Å². The zero-order valence-electron chi connectivity index (χ0n) is 20.1. The highest BCUT2D eigenvalue weighted by molar-refractivity contribution is 7.99. The standard InChI is InChI=1S/C24H30N4O3S2/c1-8-17-14(2)33-21(19(17)22(30)31-7)25-18(29)13-32-23-27-26-20(28(23)6)15-9-11-16(12-10-15)24(3,4)5/h9-12H,8,13H2,1-7H3,(H,25,29). The summed E-state index contributed by atoms with van der Waals surface area (Å²) in [7, 11) is 3.23. The molecule has 0 radical (unpaired) electrons. The van der Waals surface area contributed by atoms with Crippen LogP contribution < -0.4 is 5.32 Å². The number of ether oxygens (including phenoxy) is 1. The number of carbonyl (C=O) groups is 2. The number of esters is 1. The third kappa shape index (κ3) is 5.47. The van der Waals surface area contributed by atoms with Gasteiger partial charge in [-0.2, -0.15) is 0 Å². The number of thioether (sulfide) groups is 1. The van der Waals surface area contributed by atoms with Crippen LogP contribution in [0.4, 0.5) is 5.00 Å². The van der Waals surface area contributed by atoms with E-state index in [-0.39, 0.29) is 17.1 Å². The van der Waals surface area contributed by atoms with E-state index in [1.165, 1.54) is 35.8 Å². The van der Waals surface area contributed by atoms with Crippen molar-refractivity contribution >= 4 is 40.0 Å². The average molecular weight is 487 g/mol. The fourth-order valence-corrected chi connectivity index (χ4v) is 5.37. The molecule has 0 aliphatic carbocycles. The maximum absolute atomic E-state index is 12.6. The Bertz CT molecular complexity index is 1160. The minimum absolute atomic E-state index is 0.0829. The zero-order chi connectivity index (χ0) is 24.3. The van der Waals surface area contributed by atoms with Crippen LogP contribution in [0.5, 0.6) is 0 Å². The lowest BCUT2D eigenvalue weighted by atomic mass is 9.87. The van der Waals surface area contributed by atoms with E-state index in [1.54, 1.807) is 0 Å². The molecular formula is C24H30N4O3S2. The fourth-order valence-electron chi connectivity index (χ4n) is 3.51. The van der Waals surface area contributed by atoms with E-state index >= 15 is 0 Å². The number of methoxy groups -OCH3 is 1. The Morgan fingerprint density at radius 3 is 2.42 bits per heavy atom. The van der Waals surface area contributed by atoms with Crippen LogP contribution in [0.15, 0.2) is 29.4 Å². The summed E-state index contributed by atoms with van der Waals surface area (Å²) in [5.41, 5.74) is 3.66. The molecule has 0 aliphatic rings. The van der Waals surface area contributed by atoms with Crippen LogP contribution in [0.3, 0.4) is 0 Å². The number of amides is 1. The van der Waals surface area contributed by atoms with E-state index in [0.717, 1.165) is 21.8 Å². The van der Waals surface area contributed by atoms with Gasteiger partial charge in [0.2, 0.25) is 5.91 Å². The Hall–Kier alpha value is -2.65. The first kappa shape index (κ1) is 25.0. The van der Waals surface area contributed by atoms with Crippen LogP contribution in [0.25, 0.3) is 11.4 Å². The summed E-state index contributed by atoms with van der Waals surface area (Å²) >= 11 is 2.69. The molecule has 9 heteroatoms. The van der Waals surface area contributed by atoms with E-state index in [2.05, 4.69) is 48.4 Å². The summed E-state index contributed by atoms with van der Waals surface area (Å²) in [6.07, 6.45) is 0.690. The Morgan fingerprint density at radius 1 is 1.18 bits per heavy atom. The highest BCUT2D eigenvalue weighted by Crippen LogP contribution is 2.34. The van der Waals surface area contributed by atoms with Crippen LogP contribution >= 0.6 is 23.1 Å². The first-order valence-electron chi connectivity index (χ1n) is 10.7. The van der Waals surface area contributed by atoms with Crippen molar-refractivity contribution in [2.45, 2.75) is 51.6 Å². The van der Waals surface area contributed by atoms with E-state index in [4.69, 9.17) is 4.74 Å². The number of rotatable bonds is 7. The molecule has 0 bridgehead atoms. The monoisotopic (exact) mass is 486 g/mol. The number of nitrogens with zero attached hydrogens (tertiary/aromatic N) is 3. The molecular weight excluding hydrogens is 456 g/mol. The summed E-state index contributed by atoms with van der Waals surface area (Å²) in [6, 6.07) is 8.31. The minimum Gasteiger partial charge on any atom is -0.465 e. The van der Waals surface area contributed by atoms with Gasteiger partial charge in [-0.25, -0.2) is 4.79 Å². The molecule has 0 saturated heterocycles. The fraction of sp³-hybridized carbons (Fsp3) is 0.417. The van der Waals surface area contributed by atoms with Gasteiger partial charge >= 0.3 is 5.97 Å². The summed E-state index contributed by atoms with van der Waals surface area (Å²) in [6.45, 7) is 10.5. The molecule has 3 rings (SSSR count). The van der Waals surface area contributed by atoms with Crippen LogP contribution in [0.2, 0.25) is 0 Å². The lowest BCUT2D eigenvalue weighted by Crippen LogP contribution is -2.16. The van der Waals surface area contributed by atoms with Crippen molar-refractivity contribution in [3.05, 3.63) is 45.8 Å². The summed E-state index contributed by atoms with van der Waals surface area (Å²) in [5, 5.41) is 12.6. The van der Waals surface area contributed by atoms with E-state index in [9.17, 15) is 9.59 Å². The number of aryl methyl sites for hydroxylation is 1. The second-order valence-corrected chi connectivity index (χ2v) is 10.9. The molecule has 2 aromatic heterocycles. The lowest BCUT2D eigenvalue weighted by Gasteiger charge is -2.19. The molecule has 3 aromatic rings. The smallest absolute Gasteiger partial charge is 0.341 e. The number of benzene rings is 1. The molecule has 0 aliphatic heterocycles. The normalized spacial score (nSPS) is 11.5. The number of anilines is 1. The molecule has 33 heavy (non-hydrogen) atoms. The van der Waals surface area contributed by atoms with Crippen molar-refractivity contribution in [1.82, 2.24) is 14.8 Å². The molecule has 0 fully saturated rings. The maximum Gasteiger partial charge on any atom is 0.341 e. The van der Waals surface area contributed by atoms with Gasteiger partial charge in [0.25, 0.3) is 0 Å².